The Labute approximate surface area is 111 Å². The molecular formula is C14H28N2O2. The molecule has 0 saturated carbocycles. The summed E-state index contributed by atoms with van der Waals surface area (Å²) in [4.78, 5) is 14.6. The van der Waals surface area contributed by atoms with Crippen LogP contribution in [0, 0.1) is 5.92 Å². The molecule has 1 aliphatic rings. The van der Waals surface area contributed by atoms with Crippen LogP contribution >= 0.6 is 0 Å². The molecule has 0 aromatic rings. The molecule has 1 fully saturated rings. The standard InChI is InChI=1S/C14H28N2O2/c1-5-16-9-6-7-14(8-10-16,13(17)18-4)15-11-12(2)3/h12,15H,5-11H2,1-4H3. The first kappa shape index (κ1) is 15.4. The zero-order chi connectivity index (χ0) is 13.6. The topological polar surface area (TPSA) is 41.6 Å². The number of methoxy groups -OCH3 is 1. The van der Waals surface area contributed by atoms with Gasteiger partial charge in [-0.25, -0.2) is 0 Å². The van der Waals surface area contributed by atoms with Gasteiger partial charge in [0.2, 0.25) is 0 Å². The first-order valence-corrected chi connectivity index (χ1v) is 7.10. The molecule has 0 aliphatic carbocycles. The summed E-state index contributed by atoms with van der Waals surface area (Å²) >= 11 is 0. The Morgan fingerprint density at radius 1 is 1.39 bits per heavy atom. The van der Waals surface area contributed by atoms with E-state index in [0.29, 0.717) is 5.92 Å². The predicted molar refractivity (Wildman–Crippen MR) is 73.6 cm³/mol. The van der Waals surface area contributed by atoms with Gasteiger partial charge in [0, 0.05) is 6.54 Å². The Bertz CT molecular complexity index is 269. The molecule has 0 aromatic heterocycles. The highest BCUT2D eigenvalue weighted by Crippen LogP contribution is 2.24. The molecule has 0 bridgehead atoms. The molecule has 0 amide bonds. The number of likely N-dealkylation sites (tertiary alicyclic amines) is 1. The lowest BCUT2D eigenvalue weighted by atomic mass is 9.90. The second-order valence-electron chi connectivity index (χ2n) is 5.64. The van der Waals surface area contributed by atoms with Crippen LogP contribution in [-0.2, 0) is 9.53 Å². The van der Waals surface area contributed by atoms with Gasteiger partial charge < -0.3 is 15.0 Å². The monoisotopic (exact) mass is 256 g/mol. The summed E-state index contributed by atoms with van der Waals surface area (Å²) < 4.78 is 5.03. The van der Waals surface area contributed by atoms with Gasteiger partial charge in [0.1, 0.15) is 5.54 Å². The van der Waals surface area contributed by atoms with Crippen LogP contribution in [0.2, 0.25) is 0 Å². The van der Waals surface area contributed by atoms with Gasteiger partial charge in [-0.05, 0) is 44.8 Å². The molecule has 4 heteroatoms. The lowest BCUT2D eigenvalue weighted by Gasteiger charge is -2.32. The lowest BCUT2D eigenvalue weighted by molar-refractivity contribution is -0.149. The summed E-state index contributed by atoms with van der Waals surface area (Å²) in [7, 11) is 1.49. The van der Waals surface area contributed by atoms with Gasteiger partial charge >= 0.3 is 5.97 Å². The lowest BCUT2D eigenvalue weighted by Crippen LogP contribution is -2.54. The van der Waals surface area contributed by atoms with Crippen molar-refractivity contribution >= 4 is 5.97 Å². The number of carbonyl (C=O) groups is 1. The highest BCUT2D eigenvalue weighted by molar-refractivity contribution is 5.80. The highest BCUT2D eigenvalue weighted by Gasteiger charge is 2.40. The van der Waals surface area contributed by atoms with E-state index < -0.39 is 5.54 Å². The summed E-state index contributed by atoms with van der Waals surface area (Å²) in [5, 5.41) is 3.47. The quantitative estimate of drug-likeness (QED) is 0.760. The molecule has 1 atom stereocenters. The number of esters is 1. The van der Waals surface area contributed by atoms with Crippen molar-refractivity contribution in [3.8, 4) is 0 Å². The van der Waals surface area contributed by atoms with Crippen molar-refractivity contribution in [3.63, 3.8) is 0 Å². The summed E-state index contributed by atoms with van der Waals surface area (Å²) in [6, 6.07) is 0. The number of carbonyl (C=O) groups excluding carboxylic acids is 1. The summed E-state index contributed by atoms with van der Waals surface area (Å²) in [5.41, 5.74) is -0.469. The number of rotatable bonds is 5. The molecule has 18 heavy (non-hydrogen) atoms. The smallest absolute Gasteiger partial charge is 0.326 e. The number of hydrogen-bond donors (Lipinski definition) is 1. The maximum Gasteiger partial charge on any atom is 0.326 e. The minimum atomic E-state index is -0.469. The number of nitrogens with zero attached hydrogens (tertiary/aromatic N) is 1. The van der Waals surface area contributed by atoms with Crippen molar-refractivity contribution in [1.82, 2.24) is 10.2 Å². The normalized spacial score (nSPS) is 26.1. The molecule has 106 valence electrons. The van der Waals surface area contributed by atoms with Gasteiger partial charge in [0.05, 0.1) is 7.11 Å². The van der Waals surface area contributed by atoms with Crippen LogP contribution in [0.25, 0.3) is 0 Å². The van der Waals surface area contributed by atoms with Gasteiger partial charge in [0.15, 0.2) is 0 Å². The van der Waals surface area contributed by atoms with Crippen LogP contribution < -0.4 is 5.32 Å². The molecule has 0 aromatic carbocycles. The average molecular weight is 256 g/mol. The van der Waals surface area contributed by atoms with Crippen molar-refractivity contribution in [2.45, 2.75) is 45.6 Å². The number of nitrogens with one attached hydrogen (secondary N) is 1. The van der Waals surface area contributed by atoms with Crippen molar-refractivity contribution < 1.29 is 9.53 Å². The zero-order valence-electron chi connectivity index (χ0n) is 12.3. The van der Waals surface area contributed by atoms with E-state index in [1.54, 1.807) is 0 Å². The third-order valence-electron chi connectivity index (χ3n) is 3.80. The molecule has 0 radical (unpaired) electrons. The van der Waals surface area contributed by atoms with Crippen molar-refractivity contribution in [2.24, 2.45) is 5.92 Å². The van der Waals surface area contributed by atoms with E-state index in [0.717, 1.165) is 45.4 Å². The van der Waals surface area contributed by atoms with Gasteiger partial charge in [-0.2, -0.15) is 0 Å². The second-order valence-corrected chi connectivity index (χ2v) is 5.64. The Morgan fingerprint density at radius 2 is 2.11 bits per heavy atom. The molecule has 4 nitrogen and oxygen atoms in total. The molecule has 1 rings (SSSR count). The van der Waals surface area contributed by atoms with Crippen molar-refractivity contribution in [3.05, 3.63) is 0 Å². The van der Waals surface area contributed by atoms with Gasteiger partial charge in [0.25, 0.3) is 0 Å². The number of ether oxygens (including phenoxy) is 1. The first-order chi connectivity index (χ1) is 8.54. The Kier molecular flexibility index (Phi) is 6.09. The van der Waals surface area contributed by atoms with Crippen LogP contribution in [0.15, 0.2) is 0 Å². The zero-order valence-corrected chi connectivity index (χ0v) is 12.3. The molecule has 1 aliphatic heterocycles. The van der Waals surface area contributed by atoms with Gasteiger partial charge in [-0.3, -0.25) is 4.79 Å². The maximum atomic E-state index is 12.1. The summed E-state index contributed by atoms with van der Waals surface area (Å²) in [6.45, 7) is 10.5. The number of hydrogen-bond acceptors (Lipinski definition) is 4. The molecule has 1 unspecified atom stereocenters. The summed E-state index contributed by atoms with van der Waals surface area (Å²) in [5.74, 6) is 0.443. The molecular weight excluding hydrogens is 228 g/mol. The van der Waals surface area contributed by atoms with Crippen LogP contribution in [-0.4, -0.2) is 49.7 Å². The first-order valence-electron chi connectivity index (χ1n) is 7.10. The van der Waals surface area contributed by atoms with E-state index >= 15 is 0 Å². The van der Waals surface area contributed by atoms with Crippen LogP contribution in [0.4, 0.5) is 0 Å². The highest BCUT2D eigenvalue weighted by atomic mass is 16.5. The maximum absolute atomic E-state index is 12.1. The van der Waals surface area contributed by atoms with Gasteiger partial charge in [-0.1, -0.05) is 20.8 Å². The molecule has 1 saturated heterocycles. The second kappa shape index (κ2) is 7.10. The minimum Gasteiger partial charge on any atom is -0.468 e. The third kappa shape index (κ3) is 3.95. The van der Waals surface area contributed by atoms with E-state index in [1.807, 2.05) is 0 Å². The van der Waals surface area contributed by atoms with E-state index in [9.17, 15) is 4.79 Å². The fourth-order valence-electron chi connectivity index (χ4n) is 2.55. The Morgan fingerprint density at radius 3 is 2.67 bits per heavy atom. The van der Waals surface area contributed by atoms with Crippen LogP contribution in [0.3, 0.4) is 0 Å². The fraction of sp³-hybridized carbons (Fsp3) is 0.929. The van der Waals surface area contributed by atoms with Crippen molar-refractivity contribution in [2.75, 3.05) is 33.3 Å². The van der Waals surface area contributed by atoms with Gasteiger partial charge in [-0.15, -0.1) is 0 Å². The van der Waals surface area contributed by atoms with E-state index in [4.69, 9.17) is 4.74 Å². The SMILES string of the molecule is CCN1CCCC(NCC(C)C)(C(=O)OC)CC1. The van der Waals surface area contributed by atoms with E-state index in [1.165, 1.54) is 7.11 Å². The predicted octanol–water partition coefficient (Wildman–Crippen LogP) is 1.65. The summed E-state index contributed by atoms with van der Waals surface area (Å²) in [6.07, 6.45) is 2.77. The fourth-order valence-corrected chi connectivity index (χ4v) is 2.55. The van der Waals surface area contributed by atoms with E-state index in [2.05, 4.69) is 31.0 Å². The van der Waals surface area contributed by atoms with E-state index in [-0.39, 0.29) is 5.97 Å². The van der Waals surface area contributed by atoms with Crippen LogP contribution in [0.1, 0.15) is 40.0 Å². The molecule has 1 N–H and O–H groups in total. The van der Waals surface area contributed by atoms with Crippen molar-refractivity contribution in [1.29, 1.82) is 0 Å². The third-order valence-corrected chi connectivity index (χ3v) is 3.80. The average Bonchev–Trinajstić information content (AvgIpc) is 2.58. The largest absolute Gasteiger partial charge is 0.468 e. The van der Waals surface area contributed by atoms with Crippen LogP contribution in [0.5, 0.6) is 0 Å². The Balaban J connectivity index is 2.73. The minimum absolute atomic E-state index is 0.0962. The Hall–Kier alpha value is -0.610. The molecule has 0 spiro atoms. The molecule has 1 heterocycles.